The highest BCUT2D eigenvalue weighted by atomic mass is 16.5. The lowest BCUT2D eigenvalue weighted by molar-refractivity contribution is -0.121. The standard InChI is InChI=1S/C20H20N4O3/c21-20(26)16-8-6-15(7-9-16)13-22-18(25)10-11-19-23-17(24-27-19)12-14-4-2-1-3-5-14/h1-9H,10-13H2,(H2,21,26)(H,22,25). The normalized spacial score (nSPS) is 10.5. The quantitative estimate of drug-likeness (QED) is 0.635. The second-order valence-electron chi connectivity index (χ2n) is 6.10. The average molecular weight is 364 g/mol. The molecule has 0 aliphatic rings. The molecule has 3 N–H and O–H groups in total. The third-order valence-electron chi connectivity index (χ3n) is 4.01. The summed E-state index contributed by atoms with van der Waals surface area (Å²) in [5, 5.41) is 6.77. The summed E-state index contributed by atoms with van der Waals surface area (Å²) in [6, 6.07) is 16.7. The first-order valence-electron chi connectivity index (χ1n) is 8.61. The molecule has 3 aromatic rings. The fourth-order valence-electron chi connectivity index (χ4n) is 2.54. The van der Waals surface area contributed by atoms with Gasteiger partial charge in [-0.2, -0.15) is 4.98 Å². The van der Waals surface area contributed by atoms with Crippen molar-refractivity contribution in [2.45, 2.75) is 25.8 Å². The Balaban J connectivity index is 1.43. The zero-order valence-corrected chi connectivity index (χ0v) is 14.7. The topological polar surface area (TPSA) is 111 Å². The van der Waals surface area contributed by atoms with Crippen LogP contribution in [0.1, 0.15) is 39.6 Å². The molecule has 1 heterocycles. The zero-order valence-electron chi connectivity index (χ0n) is 14.7. The Hall–Kier alpha value is -3.48. The Labute approximate surface area is 156 Å². The molecule has 0 aliphatic heterocycles. The van der Waals surface area contributed by atoms with Crippen molar-refractivity contribution in [1.82, 2.24) is 15.5 Å². The Morgan fingerprint density at radius 2 is 1.74 bits per heavy atom. The average Bonchev–Trinajstić information content (AvgIpc) is 3.13. The number of nitrogens with one attached hydrogen (secondary N) is 1. The number of hydrogen-bond donors (Lipinski definition) is 2. The number of hydrogen-bond acceptors (Lipinski definition) is 5. The molecule has 0 saturated carbocycles. The van der Waals surface area contributed by atoms with Gasteiger partial charge in [0.25, 0.3) is 0 Å². The first-order chi connectivity index (χ1) is 13.1. The molecule has 3 rings (SSSR count). The van der Waals surface area contributed by atoms with E-state index in [0.717, 1.165) is 11.1 Å². The maximum Gasteiger partial charge on any atom is 0.248 e. The molecular weight excluding hydrogens is 344 g/mol. The van der Waals surface area contributed by atoms with E-state index in [9.17, 15) is 9.59 Å². The van der Waals surface area contributed by atoms with Crippen LogP contribution < -0.4 is 11.1 Å². The van der Waals surface area contributed by atoms with E-state index in [1.54, 1.807) is 24.3 Å². The number of aromatic nitrogens is 2. The van der Waals surface area contributed by atoms with Crippen molar-refractivity contribution in [1.29, 1.82) is 0 Å². The van der Waals surface area contributed by atoms with Crippen molar-refractivity contribution < 1.29 is 14.1 Å². The van der Waals surface area contributed by atoms with E-state index in [-0.39, 0.29) is 12.3 Å². The summed E-state index contributed by atoms with van der Waals surface area (Å²) in [5.41, 5.74) is 7.62. The highest BCUT2D eigenvalue weighted by Gasteiger charge is 2.10. The molecule has 0 atom stereocenters. The monoisotopic (exact) mass is 364 g/mol. The van der Waals surface area contributed by atoms with E-state index in [0.29, 0.717) is 36.7 Å². The van der Waals surface area contributed by atoms with Crippen LogP contribution in [-0.4, -0.2) is 22.0 Å². The summed E-state index contributed by atoms with van der Waals surface area (Å²) in [7, 11) is 0. The minimum atomic E-state index is -0.475. The first kappa shape index (κ1) is 18.3. The molecule has 0 radical (unpaired) electrons. The predicted octanol–water partition coefficient (Wildman–Crippen LogP) is 2.01. The van der Waals surface area contributed by atoms with Gasteiger partial charge in [-0.25, -0.2) is 0 Å². The molecule has 2 aromatic carbocycles. The molecule has 0 aliphatic carbocycles. The maximum atomic E-state index is 12.0. The number of primary amides is 1. The van der Waals surface area contributed by atoms with Crippen molar-refractivity contribution >= 4 is 11.8 Å². The summed E-state index contributed by atoms with van der Waals surface area (Å²) in [6.07, 6.45) is 1.23. The number of carbonyl (C=O) groups excluding carboxylic acids is 2. The number of rotatable bonds is 8. The van der Waals surface area contributed by atoms with Gasteiger partial charge in [0.05, 0.1) is 0 Å². The second kappa shape index (κ2) is 8.75. The van der Waals surface area contributed by atoms with Gasteiger partial charge in [-0.15, -0.1) is 0 Å². The molecule has 0 unspecified atom stereocenters. The van der Waals surface area contributed by atoms with Crippen LogP contribution in [0.4, 0.5) is 0 Å². The van der Waals surface area contributed by atoms with Gasteiger partial charge in [0.1, 0.15) is 0 Å². The molecule has 2 amide bonds. The number of carbonyl (C=O) groups is 2. The summed E-state index contributed by atoms with van der Waals surface area (Å²) < 4.78 is 5.20. The molecule has 138 valence electrons. The van der Waals surface area contributed by atoms with Crippen LogP contribution in [-0.2, 0) is 24.2 Å². The zero-order chi connectivity index (χ0) is 19.1. The molecule has 0 bridgehead atoms. The van der Waals surface area contributed by atoms with Gasteiger partial charge in [0.2, 0.25) is 17.7 Å². The highest BCUT2D eigenvalue weighted by molar-refractivity contribution is 5.92. The minimum absolute atomic E-state index is 0.114. The summed E-state index contributed by atoms with van der Waals surface area (Å²) in [5.74, 6) is 0.460. The Morgan fingerprint density at radius 3 is 2.44 bits per heavy atom. The van der Waals surface area contributed by atoms with Gasteiger partial charge in [-0.1, -0.05) is 47.6 Å². The van der Waals surface area contributed by atoms with Crippen LogP contribution in [0.3, 0.4) is 0 Å². The largest absolute Gasteiger partial charge is 0.366 e. The van der Waals surface area contributed by atoms with Gasteiger partial charge < -0.3 is 15.6 Å². The Kier molecular flexibility index (Phi) is 5.94. The van der Waals surface area contributed by atoms with Crippen molar-refractivity contribution in [3.63, 3.8) is 0 Å². The predicted molar refractivity (Wildman–Crippen MR) is 98.7 cm³/mol. The fourth-order valence-corrected chi connectivity index (χ4v) is 2.54. The van der Waals surface area contributed by atoms with E-state index in [1.165, 1.54) is 0 Å². The number of amides is 2. The Morgan fingerprint density at radius 1 is 1.00 bits per heavy atom. The lowest BCUT2D eigenvalue weighted by atomic mass is 10.1. The van der Waals surface area contributed by atoms with Gasteiger partial charge in [-0.3, -0.25) is 9.59 Å². The van der Waals surface area contributed by atoms with Crippen LogP contribution in [0.2, 0.25) is 0 Å². The summed E-state index contributed by atoms with van der Waals surface area (Å²) >= 11 is 0. The number of nitrogens with two attached hydrogens (primary N) is 1. The summed E-state index contributed by atoms with van der Waals surface area (Å²) in [6.45, 7) is 0.376. The van der Waals surface area contributed by atoms with Crippen molar-refractivity contribution in [3.05, 3.63) is 83.0 Å². The van der Waals surface area contributed by atoms with Crippen LogP contribution in [0.15, 0.2) is 59.1 Å². The van der Waals surface area contributed by atoms with Crippen molar-refractivity contribution in [2.24, 2.45) is 5.73 Å². The van der Waals surface area contributed by atoms with Gasteiger partial charge >= 0.3 is 0 Å². The number of aryl methyl sites for hydroxylation is 1. The van der Waals surface area contributed by atoms with E-state index < -0.39 is 5.91 Å². The molecule has 7 nitrogen and oxygen atoms in total. The van der Waals surface area contributed by atoms with Crippen LogP contribution in [0.25, 0.3) is 0 Å². The lowest BCUT2D eigenvalue weighted by Gasteiger charge is -2.05. The Bertz CT molecular complexity index is 904. The molecule has 27 heavy (non-hydrogen) atoms. The van der Waals surface area contributed by atoms with E-state index >= 15 is 0 Å². The van der Waals surface area contributed by atoms with Gasteiger partial charge in [0, 0.05) is 31.4 Å². The van der Waals surface area contributed by atoms with Crippen LogP contribution in [0.5, 0.6) is 0 Å². The second-order valence-corrected chi connectivity index (χ2v) is 6.10. The smallest absolute Gasteiger partial charge is 0.248 e. The van der Waals surface area contributed by atoms with Crippen LogP contribution >= 0.6 is 0 Å². The van der Waals surface area contributed by atoms with Gasteiger partial charge in [-0.05, 0) is 23.3 Å². The van der Waals surface area contributed by atoms with Crippen LogP contribution in [0, 0.1) is 0 Å². The number of benzene rings is 2. The maximum absolute atomic E-state index is 12.0. The third kappa shape index (κ3) is 5.50. The lowest BCUT2D eigenvalue weighted by Crippen LogP contribution is -2.23. The van der Waals surface area contributed by atoms with Gasteiger partial charge in [0.15, 0.2) is 5.82 Å². The third-order valence-corrected chi connectivity index (χ3v) is 4.01. The molecule has 1 aromatic heterocycles. The van der Waals surface area contributed by atoms with Crippen molar-refractivity contribution in [2.75, 3.05) is 0 Å². The highest BCUT2D eigenvalue weighted by Crippen LogP contribution is 2.08. The number of nitrogens with zero attached hydrogens (tertiary/aromatic N) is 2. The van der Waals surface area contributed by atoms with E-state index in [4.69, 9.17) is 10.3 Å². The molecule has 7 heteroatoms. The molecule has 0 spiro atoms. The molecule has 0 fully saturated rings. The molecular formula is C20H20N4O3. The fraction of sp³-hybridized carbons (Fsp3) is 0.200. The van der Waals surface area contributed by atoms with Crippen molar-refractivity contribution in [3.8, 4) is 0 Å². The SMILES string of the molecule is NC(=O)c1ccc(CNC(=O)CCc2nc(Cc3ccccc3)no2)cc1. The van der Waals surface area contributed by atoms with E-state index in [1.807, 2.05) is 30.3 Å². The molecule has 0 saturated heterocycles. The first-order valence-corrected chi connectivity index (χ1v) is 8.61. The van der Waals surface area contributed by atoms with E-state index in [2.05, 4.69) is 15.5 Å². The minimum Gasteiger partial charge on any atom is -0.366 e. The summed E-state index contributed by atoms with van der Waals surface area (Å²) in [4.78, 5) is 27.3.